The Bertz CT molecular complexity index is 1060. The number of fused-ring (bicyclic) bond motifs is 1. The van der Waals surface area contributed by atoms with E-state index in [9.17, 15) is 4.79 Å². The van der Waals surface area contributed by atoms with E-state index in [0.717, 1.165) is 15.0 Å². The molecule has 27 heavy (non-hydrogen) atoms. The Hall–Kier alpha value is -3.13. The number of aryl methyl sites for hydroxylation is 1. The number of esters is 1. The summed E-state index contributed by atoms with van der Waals surface area (Å²) in [6.45, 7) is 1.32. The fraction of sp³-hybridized carbons (Fsp3) is 0.211. The second kappa shape index (κ2) is 8.05. The quantitative estimate of drug-likeness (QED) is 0.293. The van der Waals surface area contributed by atoms with Crippen molar-refractivity contribution in [1.29, 1.82) is 0 Å². The Labute approximate surface area is 160 Å². The molecule has 3 rings (SSSR count). The fourth-order valence-electron chi connectivity index (χ4n) is 2.54. The number of hydrogen-bond donors (Lipinski definition) is 0. The van der Waals surface area contributed by atoms with Gasteiger partial charge in [0.2, 0.25) is 10.6 Å². The summed E-state index contributed by atoms with van der Waals surface area (Å²) in [7, 11) is 4.93. The molecular weight excluding hydrogens is 366 g/mol. The summed E-state index contributed by atoms with van der Waals surface area (Å²) in [5.41, 5.74) is 1.80. The molecule has 0 fully saturated rings. The van der Waals surface area contributed by atoms with Crippen molar-refractivity contribution in [1.82, 2.24) is 4.57 Å². The van der Waals surface area contributed by atoms with Gasteiger partial charge in [-0.2, -0.15) is 5.10 Å². The summed E-state index contributed by atoms with van der Waals surface area (Å²) in [4.78, 5) is 12.1. The number of carbonyl (C=O) groups excluding carboxylic acids is 1. The molecule has 8 heteroatoms. The Balaban J connectivity index is 1.96. The highest BCUT2D eigenvalue weighted by Gasteiger charge is 2.15. The van der Waals surface area contributed by atoms with Crippen LogP contribution in [0.25, 0.3) is 10.2 Å². The first-order valence-corrected chi connectivity index (χ1v) is 8.91. The van der Waals surface area contributed by atoms with Crippen LogP contribution in [0.4, 0.5) is 0 Å². The molecule has 0 bridgehead atoms. The van der Waals surface area contributed by atoms with Gasteiger partial charge in [0.1, 0.15) is 0 Å². The number of ether oxygens (including phenoxy) is 3. The Morgan fingerprint density at radius 1 is 1.15 bits per heavy atom. The lowest BCUT2D eigenvalue weighted by atomic mass is 10.2. The third-order valence-corrected chi connectivity index (χ3v) is 4.90. The number of thiazole rings is 1. The van der Waals surface area contributed by atoms with E-state index >= 15 is 0 Å². The molecule has 0 N–H and O–H groups in total. The van der Waals surface area contributed by atoms with Gasteiger partial charge in [-0.1, -0.05) is 23.5 Å². The van der Waals surface area contributed by atoms with Gasteiger partial charge in [0.15, 0.2) is 11.5 Å². The average molecular weight is 385 g/mol. The molecule has 7 nitrogen and oxygen atoms in total. The molecule has 0 amide bonds. The highest BCUT2D eigenvalue weighted by atomic mass is 32.1. The highest BCUT2D eigenvalue weighted by Crippen LogP contribution is 2.38. The van der Waals surface area contributed by atoms with Crippen molar-refractivity contribution in [2.45, 2.75) is 6.92 Å². The average Bonchev–Trinajstić information content (AvgIpc) is 2.98. The van der Waals surface area contributed by atoms with Gasteiger partial charge in [-0.15, -0.1) is 5.10 Å². The molecule has 3 aromatic rings. The number of hydrogen-bond acceptors (Lipinski definition) is 7. The van der Waals surface area contributed by atoms with Crippen LogP contribution in [0.2, 0.25) is 0 Å². The summed E-state index contributed by atoms with van der Waals surface area (Å²) in [6, 6.07) is 11.5. The summed E-state index contributed by atoms with van der Waals surface area (Å²) in [6.07, 6.45) is 1.59. The van der Waals surface area contributed by atoms with Crippen LogP contribution in [0.15, 0.2) is 46.6 Å². The Morgan fingerprint density at radius 2 is 1.81 bits per heavy atom. The smallest absolute Gasteiger partial charge is 0.308 e. The van der Waals surface area contributed by atoms with Gasteiger partial charge in [0.05, 0.1) is 30.7 Å². The van der Waals surface area contributed by atoms with Crippen LogP contribution in [0.3, 0.4) is 0 Å². The maximum Gasteiger partial charge on any atom is 0.308 e. The lowest BCUT2D eigenvalue weighted by molar-refractivity contribution is -0.132. The van der Waals surface area contributed by atoms with E-state index in [2.05, 4.69) is 10.2 Å². The lowest BCUT2D eigenvalue weighted by Crippen LogP contribution is -2.09. The summed E-state index contributed by atoms with van der Waals surface area (Å²) >= 11 is 1.56. The van der Waals surface area contributed by atoms with E-state index in [4.69, 9.17) is 14.2 Å². The van der Waals surface area contributed by atoms with Crippen molar-refractivity contribution >= 4 is 33.7 Å². The molecule has 0 atom stereocenters. The molecule has 0 radical (unpaired) electrons. The molecule has 0 spiro atoms. The standard InChI is InChI=1S/C19H19N3O4S/c1-12(23)26-18-15(24-3)9-13(10-16(18)25-4)11-20-21-19-22(2)14-7-5-6-8-17(14)27-19/h5-11H,1-4H3/b20-11-,21-19+. The zero-order chi connectivity index (χ0) is 19.4. The van der Waals surface area contributed by atoms with Crippen molar-refractivity contribution in [3.05, 3.63) is 46.8 Å². The van der Waals surface area contributed by atoms with Crippen LogP contribution in [0.5, 0.6) is 17.2 Å². The zero-order valence-corrected chi connectivity index (χ0v) is 16.2. The molecule has 0 aliphatic heterocycles. The molecule has 1 heterocycles. The van der Waals surface area contributed by atoms with E-state index in [1.165, 1.54) is 21.1 Å². The summed E-state index contributed by atoms with van der Waals surface area (Å²) < 4.78 is 18.9. The van der Waals surface area contributed by atoms with Gasteiger partial charge in [-0.05, 0) is 24.3 Å². The molecule has 1 aromatic heterocycles. The van der Waals surface area contributed by atoms with E-state index < -0.39 is 5.97 Å². The van der Waals surface area contributed by atoms with E-state index in [-0.39, 0.29) is 5.75 Å². The number of rotatable bonds is 5. The first-order chi connectivity index (χ1) is 13.0. The molecule has 0 unspecified atom stereocenters. The molecule has 0 aliphatic carbocycles. The van der Waals surface area contributed by atoms with E-state index in [1.54, 1.807) is 29.7 Å². The monoisotopic (exact) mass is 385 g/mol. The minimum absolute atomic E-state index is 0.234. The predicted octanol–water partition coefficient (Wildman–Crippen LogP) is 3.12. The third-order valence-electron chi connectivity index (χ3n) is 3.79. The Morgan fingerprint density at radius 3 is 2.41 bits per heavy atom. The maximum absolute atomic E-state index is 11.3. The number of methoxy groups -OCH3 is 2. The van der Waals surface area contributed by atoms with Gasteiger partial charge in [-0.3, -0.25) is 4.79 Å². The van der Waals surface area contributed by atoms with Gasteiger partial charge < -0.3 is 18.8 Å². The first-order valence-electron chi connectivity index (χ1n) is 8.09. The molecule has 2 aromatic carbocycles. The maximum atomic E-state index is 11.3. The lowest BCUT2D eigenvalue weighted by Gasteiger charge is -2.12. The van der Waals surface area contributed by atoms with E-state index in [1.807, 2.05) is 35.9 Å². The number of para-hydroxylation sites is 1. The normalized spacial score (nSPS) is 11.9. The van der Waals surface area contributed by atoms with Crippen molar-refractivity contribution in [3.8, 4) is 17.2 Å². The van der Waals surface area contributed by atoms with Crippen LogP contribution in [0.1, 0.15) is 12.5 Å². The van der Waals surface area contributed by atoms with Crippen molar-refractivity contribution in [2.24, 2.45) is 17.3 Å². The van der Waals surface area contributed by atoms with E-state index in [0.29, 0.717) is 17.1 Å². The number of nitrogens with zero attached hydrogens (tertiary/aromatic N) is 3. The van der Waals surface area contributed by atoms with Gasteiger partial charge >= 0.3 is 5.97 Å². The molecular formula is C19H19N3O4S. The molecule has 0 saturated carbocycles. The molecule has 140 valence electrons. The van der Waals surface area contributed by atoms with Gasteiger partial charge in [0, 0.05) is 19.5 Å². The minimum atomic E-state index is -0.458. The van der Waals surface area contributed by atoms with Gasteiger partial charge in [0.25, 0.3) is 0 Å². The van der Waals surface area contributed by atoms with Crippen molar-refractivity contribution in [2.75, 3.05) is 14.2 Å². The number of benzene rings is 2. The number of aromatic nitrogens is 1. The van der Waals surface area contributed by atoms with Crippen LogP contribution in [0, 0.1) is 0 Å². The SMILES string of the molecule is COc1cc(/C=N\N=c2\sc3ccccc3n2C)cc(OC)c1OC(C)=O. The first kappa shape index (κ1) is 18.7. The molecule has 0 saturated heterocycles. The predicted molar refractivity (Wildman–Crippen MR) is 105 cm³/mol. The number of carbonyl (C=O) groups is 1. The van der Waals surface area contributed by atoms with Crippen LogP contribution in [-0.4, -0.2) is 31.0 Å². The summed E-state index contributed by atoms with van der Waals surface area (Å²) in [5.74, 6) is 0.523. The fourth-order valence-corrected chi connectivity index (χ4v) is 3.52. The minimum Gasteiger partial charge on any atom is -0.493 e. The van der Waals surface area contributed by atoms with Crippen LogP contribution >= 0.6 is 11.3 Å². The largest absolute Gasteiger partial charge is 0.493 e. The Kier molecular flexibility index (Phi) is 5.56. The second-order valence-corrected chi connectivity index (χ2v) is 6.61. The van der Waals surface area contributed by atoms with Crippen molar-refractivity contribution in [3.63, 3.8) is 0 Å². The topological polar surface area (TPSA) is 74.4 Å². The second-order valence-electron chi connectivity index (χ2n) is 5.60. The van der Waals surface area contributed by atoms with Crippen molar-refractivity contribution < 1.29 is 19.0 Å². The van der Waals surface area contributed by atoms with Gasteiger partial charge in [-0.25, -0.2) is 0 Å². The molecule has 0 aliphatic rings. The summed E-state index contributed by atoms with van der Waals surface area (Å²) in [5, 5.41) is 8.48. The van der Waals surface area contributed by atoms with Crippen LogP contribution in [-0.2, 0) is 11.8 Å². The highest BCUT2D eigenvalue weighted by molar-refractivity contribution is 7.16. The zero-order valence-electron chi connectivity index (χ0n) is 15.4. The van der Waals surface area contributed by atoms with Crippen LogP contribution < -0.4 is 19.0 Å². The third kappa shape index (κ3) is 4.01.